The molecular formula is C13H14ClNO. The van der Waals surface area contributed by atoms with Gasteiger partial charge in [0.2, 0.25) is 5.91 Å². The Kier molecular flexibility index (Phi) is 3.62. The van der Waals surface area contributed by atoms with Crippen LogP contribution in [0.1, 0.15) is 24.8 Å². The highest BCUT2D eigenvalue weighted by Gasteiger charge is 2.18. The van der Waals surface area contributed by atoms with Crippen LogP contribution in [0.2, 0.25) is 0 Å². The number of rotatable bonds is 2. The van der Waals surface area contributed by atoms with E-state index in [1.165, 1.54) is 0 Å². The van der Waals surface area contributed by atoms with Gasteiger partial charge in [-0.15, -0.1) is 0 Å². The van der Waals surface area contributed by atoms with Gasteiger partial charge in [-0.25, -0.2) is 0 Å². The largest absolute Gasteiger partial charge is 0.298 e. The molecule has 16 heavy (non-hydrogen) atoms. The second-order valence-corrected chi connectivity index (χ2v) is 4.27. The van der Waals surface area contributed by atoms with Crippen LogP contribution in [-0.4, -0.2) is 10.8 Å². The van der Waals surface area contributed by atoms with Gasteiger partial charge in [0.1, 0.15) is 5.16 Å². The number of amides is 1. The summed E-state index contributed by atoms with van der Waals surface area (Å²) < 4.78 is 0. The van der Waals surface area contributed by atoms with Gasteiger partial charge in [0.05, 0.1) is 6.54 Å². The second-order valence-electron chi connectivity index (χ2n) is 3.88. The summed E-state index contributed by atoms with van der Waals surface area (Å²) in [7, 11) is 0. The van der Waals surface area contributed by atoms with E-state index in [1.807, 2.05) is 36.4 Å². The van der Waals surface area contributed by atoms with Crippen molar-refractivity contribution in [2.24, 2.45) is 0 Å². The third-order valence-electron chi connectivity index (χ3n) is 2.65. The summed E-state index contributed by atoms with van der Waals surface area (Å²) >= 11 is 6.10. The lowest BCUT2D eigenvalue weighted by Gasteiger charge is -2.20. The molecule has 0 atom stereocenters. The number of halogens is 1. The van der Waals surface area contributed by atoms with E-state index in [0.29, 0.717) is 18.1 Å². The van der Waals surface area contributed by atoms with Gasteiger partial charge in [-0.1, -0.05) is 41.9 Å². The molecular weight excluding hydrogens is 222 g/mol. The Morgan fingerprint density at radius 1 is 1.25 bits per heavy atom. The van der Waals surface area contributed by atoms with Gasteiger partial charge in [-0.05, 0) is 24.5 Å². The third kappa shape index (κ3) is 2.64. The van der Waals surface area contributed by atoms with Gasteiger partial charge in [0.25, 0.3) is 0 Å². The molecule has 0 unspecified atom stereocenters. The van der Waals surface area contributed by atoms with Crippen molar-refractivity contribution in [2.45, 2.75) is 25.8 Å². The van der Waals surface area contributed by atoms with E-state index in [4.69, 9.17) is 11.6 Å². The van der Waals surface area contributed by atoms with Crippen LogP contribution in [0.4, 0.5) is 0 Å². The molecule has 1 aromatic carbocycles. The van der Waals surface area contributed by atoms with Crippen LogP contribution in [0.15, 0.2) is 41.6 Å². The number of hydrogen-bond donors (Lipinski definition) is 0. The topological polar surface area (TPSA) is 20.3 Å². The Morgan fingerprint density at radius 2 is 2.00 bits per heavy atom. The molecule has 0 N–H and O–H groups in total. The lowest BCUT2D eigenvalue weighted by molar-refractivity contribution is -0.129. The van der Waals surface area contributed by atoms with Gasteiger partial charge >= 0.3 is 0 Å². The number of benzene rings is 1. The third-order valence-corrected chi connectivity index (χ3v) is 3.01. The van der Waals surface area contributed by atoms with Crippen molar-refractivity contribution in [3.05, 3.63) is 47.1 Å². The average molecular weight is 236 g/mol. The normalized spacial score (nSPS) is 16.9. The molecule has 1 aromatic rings. The van der Waals surface area contributed by atoms with E-state index in [1.54, 1.807) is 4.90 Å². The Morgan fingerprint density at radius 3 is 2.75 bits per heavy atom. The van der Waals surface area contributed by atoms with E-state index in [0.717, 1.165) is 18.4 Å². The first-order valence-electron chi connectivity index (χ1n) is 5.47. The molecule has 1 amide bonds. The Labute approximate surface area is 101 Å². The van der Waals surface area contributed by atoms with Crippen molar-refractivity contribution in [1.82, 2.24) is 4.90 Å². The van der Waals surface area contributed by atoms with Crippen molar-refractivity contribution < 1.29 is 4.79 Å². The lowest BCUT2D eigenvalue weighted by Crippen LogP contribution is -2.26. The molecule has 0 spiro atoms. The first-order chi connectivity index (χ1) is 7.77. The van der Waals surface area contributed by atoms with Gasteiger partial charge in [0, 0.05) is 6.42 Å². The zero-order valence-electron chi connectivity index (χ0n) is 9.03. The van der Waals surface area contributed by atoms with Gasteiger partial charge in [-0.2, -0.15) is 0 Å². The molecule has 0 fully saturated rings. The van der Waals surface area contributed by atoms with Crippen molar-refractivity contribution in [3.8, 4) is 0 Å². The summed E-state index contributed by atoms with van der Waals surface area (Å²) in [6, 6.07) is 9.90. The molecule has 0 radical (unpaired) electrons. The summed E-state index contributed by atoms with van der Waals surface area (Å²) in [6.45, 7) is 0.564. The Balaban J connectivity index is 2.15. The molecule has 3 heteroatoms. The highest BCUT2D eigenvalue weighted by atomic mass is 35.5. The van der Waals surface area contributed by atoms with Crippen molar-refractivity contribution >= 4 is 17.5 Å². The summed E-state index contributed by atoms with van der Waals surface area (Å²) in [6.07, 6.45) is 4.28. The molecule has 0 bridgehead atoms. The predicted octanol–water partition coefficient (Wildman–Crippen LogP) is 3.28. The fourth-order valence-corrected chi connectivity index (χ4v) is 2.03. The van der Waals surface area contributed by atoms with Crippen LogP contribution in [0, 0.1) is 0 Å². The maximum absolute atomic E-state index is 11.8. The van der Waals surface area contributed by atoms with Gasteiger partial charge in [0.15, 0.2) is 0 Å². The maximum Gasteiger partial charge on any atom is 0.227 e. The molecule has 0 aliphatic carbocycles. The van der Waals surface area contributed by atoms with E-state index in [9.17, 15) is 4.79 Å². The van der Waals surface area contributed by atoms with Gasteiger partial charge < -0.3 is 0 Å². The SMILES string of the molecule is O=C1CCCC=C(Cl)N1Cc1ccccc1. The molecule has 2 nitrogen and oxygen atoms in total. The predicted molar refractivity (Wildman–Crippen MR) is 64.8 cm³/mol. The second kappa shape index (κ2) is 5.17. The van der Waals surface area contributed by atoms with Crippen LogP contribution in [-0.2, 0) is 11.3 Å². The minimum atomic E-state index is 0.114. The minimum Gasteiger partial charge on any atom is -0.298 e. The van der Waals surface area contributed by atoms with Crippen LogP contribution in [0.3, 0.4) is 0 Å². The van der Waals surface area contributed by atoms with Crippen molar-refractivity contribution in [3.63, 3.8) is 0 Å². The molecule has 84 valence electrons. The highest BCUT2D eigenvalue weighted by molar-refractivity contribution is 6.30. The molecule has 0 saturated heterocycles. The van der Waals surface area contributed by atoms with E-state index < -0.39 is 0 Å². The number of hydrogen-bond acceptors (Lipinski definition) is 1. The van der Waals surface area contributed by atoms with Gasteiger partial charge in [-0.3, -0.25) is 9.69 Å². The zero-order valence-corrected chi connectivity index (χ0v) is 9.78. The first kappa shape index (κ1) is 11.2. The summed E-state index contributed by atoms with van der Waals surface area (Å²) in [5, 5.41) is 0.561. The number of carbonyl (C=O) groups is 1. The van der Waals surface area contributed by atoms with Crippen molar-refractivity contribution in [1.29, 1.82) is 0 Å². The number of carbonyl (C=O) groups excluding carboxylic acids is 1. The molecule has 0 saturated carbocycles. The van der Waals surface area contributed by atoms with Crippen LogP contribution >= 0.6 is 11.6 Å². The molecule has 2 rings (SSSR count). The van der Waals surface area contributed by atoms with Crippen molar-refractivity contribution in [2.75, 3.05) is 0 Å². The standard InChI is InChI=1S/C13H14ClNO/c14-12-8-4-5-9-13(16)15(12)10-11-6-2-1-3-7-11/h1-3,6-8H,4-5,9-10H2. The zero-order chi connectivity index (χ0) is 11.4. The fourth-order valence-electron chi connectivity index (χ4n) is 1.77. The van der Waals surface area contributed by atoms with Crippen LogP contribution in [0.25, 0.3) is 0 Å². The first-order valence-corrected chi connectivity index (χ1v) is 5.85. The lowest BCUT2D eigenvalue weighted by atomic mass is 10.2. The van der Waals surface area contributed by atoms with E-state index >= 15 is 0 Å². The highest BCUT2D eigenvalue weighted by Crippen LogP contribution is 2.21. The monoisotopic (exact) mass is 235 g/mol. The fraction of sp³-hybridized carbons (Fsp3) is 0.308. The van der Waals surface area contributed by atoms with E-state index in [2.05, 4.69) is 0 Å². The smallest absolute Gasteiger partial charge is 0.227 e. The summed E-state index contributed by atoms with van der Waals surface area (Å²) in [5.41, 5.74) is 1.10. The quantitative estimate of drug-likeness (QED) is 0.721. The molecule has 0 aromatic heterocycles. The molecule has 1 aliphatic rings. The minimum absolute atomic E-state index is 0.114. The van der Waals surface area contributed by atoms with E-state index in [-0.39, 0.29) is 5.91 Å². The summed E-state index contributed by atoms with van der Waals surface area (Å²) in [5.74, 6) is 0.114. The number of nitrogens with zero attached hydrogens (tertiary/aromatic N) is 1. The molecule has 1 heterocycles. The number of allylic oxidation sites excluding steroid dienone is 1. The average Bonchev–Trinajstić information content (AvgIpc) is 2.46. The van der Waals surface area contributed by atoms with Crippen LogP contribution in [0.5, 0.6) is 0 Å². The Bertz CT molecular complexity index is 400. The molecule has 1 aliphatic heterocycles. The summed E-state index contributed by atoms with van der Waals surface area (Å²) in [4.78, 5) is 13.5. The van der Waals surface area contributed by atoms with Crippen LogP contribution < -0.4 is 0 Å². The maximum atomic E-state index is 11.8. The Hall–Kier alpha value is -1.28.